The largest absolute Gasteiger partial charge is 0.0988 e. The van der Waals surface area contributed by atoms with Gasteiger partial charge in [-0.05, 0) is 16.9 Å². The Morgan fingerprint density at radius 2 is 1.80 bits per heavy atom. The molecule has 0 spiro atoms. The summed E-state index contributed by atoms with van der Waals surface area (Å²) in [6.07, 6.45) is 1.85. The van der Waals surface area contributed by atoms with Crippen molar-refractivity contribution in [3.05, 3.63) is 24.8 Å². The van der Waals surface area contributed by atoms with Crippen LogP contribution in [0.1, 0.15) is 27.7 Å². The molecule has 0 unspecified atom stereocenters. The zero-order chi connectivity index (χ0) is 8.36. The summed E-state index contributed by atoms with van der Waals surface area (Å²) < 4.78 is 0. The van der Waals surface area contributed by atoms with E-state index in [2.05, 4.69) is 40.9 Å². The molecule has 0 amide bonds. The van der Waals surface area contributed by atoms with Gasteiger partial charge < -0.3 is 0 Å². The van der Waals surface area contributed by atoms with Gasteiger partial charge in [0, 0.05) is 0 Å². The van der Waals surface area contributed by atoms with Crippen LogP contribution >= 0.6 is 0 Å². The van der Waals surface area contributed by atoms with Crippen LogP contribution in [0.25, 0.3) is 0 Å². The molecule has 0 aromatic heterocycles. The van der Waals surface area contributed by atoms with Gasteiger partial charge in [-0.1, -0.05) is 46.9 Å². The maximum atomic E-state index is 3.95. The Hall–Kier alpha value is -0.520. The normalized spacial score (nSPS) is 11.7. The van der Waals surface area contributed by atoms with Crippen molar-refractivity contribution < 1.29 is 0 Å². The average Bonchev–Trinajstić information content (AvgIpc) is 1.86. The third kappa shape index (κ3) is 1.73. The molecule has 0 heterocycles. The molecular formula is C10H18. The van der Waals surface area contributed by atoms with Crippen molar-refractivity contribution in [2.75, 3.05) is 0 Å². The van der Waals surface area contributed by atoms with Crippen LogP contribution in [0.2, 0.25) is 0 Å². The number of allylic oxidation sites excluding steroid dienone is 2. The predicted octanol–water partition coefficient (Wildman–Crippen LogP) is 3.41. The SMILES string of the molecule is C=CC(=C)C(C)(C)C(C)C. The van der Waals surface area contributed by atoms with Gasteiger partial charge in [0.2, 0.25) is 0 Å². The first kappa shape index (κ1) is 9.48. The van der Waals surface area contributed by atoms with Gasteiger partial charge in [0.1, 0.15) is 0 Å². The highest BCUT2D eigenvalue weighted by molar-refractivity contribution is 5.20. The van der Waals surface area contributed by atoms with Crippen LogP contribution in [-0.4, -0.2) is 0 Å². The van der Waals surface area contributed by atoms with E-state index < -0.39 is 0 Å². The zero-order valence-electron chi connectivity index (χ0n) is 7.57. The molecule has 0 aliphatic heterocycles. The summed E-state index contributed by atoms with van der Waals surface area (Å²) in [5.41, 5.74) is 1.32. The molecule has 0 bridgehead atoms. The van der Waals surface area contributed by atoms with Crippen LogP contribution in [0.3, 0.4) is 0 Å². The van der Waals surface area contributed by atoms with Gasteiger partial charge in [-0.15, -0.1) is 0 Å². The molecule has 0 rings (SSSR count). The first-order valence-electron chi connectivity index (χ1n) is 3.74. The standard InChI is InChI=1S/C10H18/c1-7-9(4)10(5,6)8(2)3/h7-8H,1,4H2,2-3,5-6H3. The fourth-order valence-electron chi connectivity index (χ4n) is 0.634. The summed E-state index contributed by atoms with van der Waals surface area (Å²) in [6, 6.07) is 0. The Bertz CT molecular complexity index is 138. The first-order valence-corrected chi connectivity index (χ1v) is 3.74. The summed E-state index contributed by atoms with van der Waals surface area (Å²) in [5, 5.41) is 0. The molecule has 0 nitrogen and oxygen atoms in total. The van der Waals surface area contributed by atoms with E-state index in [0.717, 1.165) is 5.57 Å². The minimum atomic E-state index is 0.196. The Labute approximate surface area is 64.6 Å². The van der Waals surface area contributed by atoms with Crippen molar-refractivity contribution in [2.45, 2.75) is 27.7 Å². The van der Waals surface area contributed by atoms with E-state index in [4.69, 9.17) is 0 Å². The minimum Gasteiger partial charge on any atom is -0.0988 e. The van der Waals surface area contributed by atoms with Crippen molar-refractivity contribution in [1.82, 2.24) is 0 Å². The van der Waals surface area contributed by atoms with Gasteiger partial charge in [0.25, 0.3) is 0 Å². The van der Waals surface area contributed by atoms with Crippen LogP contribution in [-0.2, 0) is 0 Å². The van der Waals surface area contributed by atoms with Gasteiger partial charge in [-0.2, -0.15) is 0 Å². The molecule has 0 N–H and O–H groups in total. The second-order valence-corrected chi connectivity index (χ2v) is 3.61. The van der Waals surface area contributed by atoms with Crippen molar-refractivity contribution in [3.63, 3.8) is 0 Å². The lowest BCUT2D eigenvalue weighted by atomic mass is 9.75. The molecule has 0 aromatic rings. The van der Waals surface area contributed by atoms with Gasteiger partial charge in [0.15, 0.2) is 0 Å². The number of rotatable bonds is 3. The van der Waals surface area contributed by atoms with E-state index in [1.165, 1.54) is 0 Å². The summed E-state index contributed by atoms with van der Waals surface area (Å²) in [4.78, 5) is 0. The molecule has 0 aliphatic rings. The molecule has 0 aromatic carbocycles. The maximum Gasteiger partial charge on any atom is -0.00866 e. The van der Waals surface area contributed by atoms with Crippen LogP contribution < -0.4 is 0 Å². The Morgan fingerprint density at radius 3 is 1.90 bits per heavy atom. The Kier molecular flexibility index (Phi) is 2.89. The fraction of sp³-hybridized carbons (Fsp3) is 0.600. The third-order valence-electron chi connectivity index (χ3n) is 2.52. The molecule has 0 heteroatoms. The molecule has 0 atom stereocenters. The predicted molar refractivity (Wildman–Crippen MR) is 48.0 cm³/mol. The quantitative estimate of drug-likeness (QED) is 0.524. The average molecular weight is 138 g/mol. The van der Waals surface area contributed by atoms with E-state index in [0.29, 0.717) is 5.92 Å². The summed E-state index contributed by atoms with van der Waals surface area (Å²) >= 11 is 0. The van der Waals surface area contributed by atoms with E-state index in [1.54, 1.807) is 0 Å². The molecule has 0 aliphatic carbocycles. The van der Waals surface area contributed by atoms with Gasteiger partial charge in [-0.3, -0.25) is 0 Å². The number of hydrogen-bond donors (Lipinski definition) is 0. The van der Waals surface area contributed by atoms with E-state index in [9.17, 15) is 0 Å². The molecule has 58 valence electrons. The Balaban J connectivity index is 4.39. The van der Waals surface area contributed by atoms with Crippen molar-refractivity contribution in [1.29, 1.82) is 0 Å². The molecule has 10 heavy (non-hydrogen) atoms. The molecule has 0 fully saturated rings. The minimum absolute atomic E-state index is 0.196. The van der Waals surface area contributed by atoms with Crippen molar-refractivity contribution >= 4 is 0 Å². The van der Waals surface area contributed by atoms with Crippen LogP contribution in [0.15, 0.2) is 24.8 Å². The smallest absolute Gasteiger partial charge is 0.00866 e. The fourth-order valence-corrected chi connectivity index (χ4v) is 0.634. The monoisotopic (exact) mass is 138 g/mol. The summed E-state index contributed by atoms with van der Waals surface area (Å²) in [7, 11) is 0. The van der Waals surface area contributed by atoms with Gasteiger partial charge in [-0.25, -0.2) is 0 Å². The molecule has 0 saturated carbocycles. The highest BCUT2D eigenvalue weighted by atomic mass is 14.3. The molecule has 0 radical (unpaired) electrons. The second kappa shape index (κ2) is 3.05. The van der Waals surface area contributed by atoms with E-state index >= 15 is 0 Å². The van der Waals surface area contributed by atoms with Crippen molar-refractivity contribution in [2.24, 2.45) is 11.3 Å². The second-order valence-electron chi connectivity index (χ2n) is 3.61. The van der Waals surface area contributed by atoms with Crippen molar-refractivity contribution in [3.8, 4) is 0 Å². The van der Waals surface area contributed by atoms with Crippen LogP contribution in [0.4, 0.5) is 0 Å². The molecular weight excluding hydrogens is 120 g/mol. The van der Waals surface area contributed by atoms with E-state index in [1.807, 2.05) is 6.08 Å². The highest BCUT2D eigenvalue weighted by Gasteiger charge is 2.23. The summed E-state index contributed by atoms with van der Waals surface area (Å²) in [6.45, 7) is 16.5. The topological polar surface area (TPSA) is 0 Å². The van der Waals surface area contributed by atoms with Gasteiger partial charge >= 0.3 is 0 Å². The maximum absolute atomic E-state index is 3.95. The zero-order valence-corrected chi connectivity index (χ0v) is 7.57. The lowest BCUT2D eigenvalue weighted by molar-refractivity contribution is 0.318. The number of hydrogen-bond acceptors (Lipinski definition) is 0. The first-order chi connectivity index (χ1) is 4.42. The third-order valence-corrected chi connectivity index (χ3v) is 2.52. The van der Waals surface area contributed by atoms with Gasteiger partial charge in [0.05, 0.1) is 0 Å². The van der Waals surface area contributed by atoms with Crippen LogP contribution in [0, 0.1) is 11.3 Å². The molecule has 0 saturated heterocycles. The Morgan fingerprint density at radius 1 is 1.40 bits per heavy atom. The lowest BCUT2D eigenvalue weighted by Crippen LogP contribution is -2.20. The highest BCUT2D eigenvalue weighted by Crippen LogP contribution is 2.33. The summed E-state index contributed by atoms with van der Waals surface area (Å²) in [5.74, 6) is 0.623. The van der Waals surface area contributed by atoms with Crippen LogP contribution in [0.5, 0.6) is 0 Å². The van der Waals surface area contributed by atoms with E-state index in [-0.39, 0.29) is 5.41 Å². The lowest BCUT2D eigenvalue weighted by Gasteiger charge is -2.29.